The van der Waals surface area contributed by atoms with Gasteiger partial charge in [0.15, 0.2) is 0 Å². The van der Waals surface area contributed by atoms with E-state index in [4.69, 9.17) is 9.05 Å². The van der Waals surface area contributed by atoms with Crippen molar-refractivity contribution in [1.82, 2.24) is 0 Å². The zero-order valence-electron chi connectivity index (χ0n) is 17.9. The van der Waals surface area contributed by atoms with E-state index in [0.717, 1.165) is 19.3 Å². The standard InChI is InChI=1S/C22H47O3P/c1-3-5-7-8-9-10-11-12-13-14-15-16-17-18-19-20-22-25-26(23)24-21-6-4-2/h23H,3-22H2,1-2H3. The van der Waals surface area contributed by atoms with Gasteiger partial charge in [-0.15, -0.1) is 0 Å². The number of hydrogen-bond donors (Lipinski definition) is 1. The van der Waals surface area contributed by atoms with Gasteiger partial charge < -0.3 is 13.9 Å². The molecule has 158 valence electrons. The Morgan fingerprint density at radius 3 is 1.15 bits per heavy atom. The molecule has 0 saturated heterocycles. The topological polar surface area (TPSA) is 38.7 Å². The molecule has 0 aliphatic rings. The van der Waals surface area contributed by atoms with Gasteiger partial charge in [0, 0.05) is 0 Å². The smallest absolute Gasteiger partial charge is 0.328 e. The Kier molecular flexibility index (Phi) is 23.6. The third kappa shape index (κ3) is 22.4. The Hall–Kier alpha value is 0.310. The summed E-state index contributed by atoms with van der Waals surface area (Å²) in [6.45, 7) is 5.64. The number of hydrogen-bond acceptors (Lipinski definition) is 3. The second-order valence-corrected chi connectivity index (χ2v) is 8.55. The van der Waals surface area contributed by atoms with Gasteiger partial charge in [-0.3, -0.25) is 0 Å². The van der Waals surface area contributed by atoms with E-state index in [1.807, 2.05) is 0 Å². The lowest BCUT2D eigenvalue weighted by molar-refractivity contribution is 0.195. The highest BCUT2D eigenvalue weighted by molar-refractivity contribution is 7.40. The van der Waals surface area contributed by atoms with E-state index in [2.05, 4.69) is 13.8 Å². The highest BCUT2D eigenvalue weighted by Gasteiger charge is 2.05. The fraction of sp³-hybridized carbons (Fsp3) is 1.00. The molecule has 0 rings (SSSR count). The molecule has 0 fully saturated rings. The molecule has 1 atom stereocenters. The maximum absolute atomic E-state index is 9.52. The average molecular weight is 391 g/mol. The molecule has 26 heavy (non-hydrogen) atoms. The third-order valence-corrected chi connectivity index (χ3v) is 5.71. The van der Waals surface area contributed by atoms with Crippen molar-refractivity contribution in [3.63, 3.8) is 0 Å². The monoisotopic (exact) mass is 390 g/mol. The molecule has 0 heterocycles. The molecule has 0 aromatic heterocycles. The summed E-state index contributed by atoms with van der Waals surface area (Å²) in [6, 6.07) is 0. The summed E-state index contributed by atoms with van der Waals surface area (Å²) >= 11 is 0. The molecule has 4 heteroatoms. The fourth-order valence-electron chi connectivity index (χ4n) is 3.12. The minimum atomic E-state index is -1.64. The first-order valence-corrected chi connectivity index (χ1v) is 12.7. The van der Waals surface area contributed by atoms with Crippen molar-refractivity contribution in [3.05, 3.63) is 0 Å². The molecule has 0 radical (unpaired) electrons. The number of unbranched alkanes of at least 4 members (excludes halogenated alkanes) is 16. The second-order valence-electron chi connectivity index (χ2n) is 7.56. The van der Waals surface area contributed by atoms with E-state index >= 15 is 0 Å². The Balaban J connectivity index is 3.05. The van der Waals surface area contributed by atoms with Crippen LogP contribution in [0.5, 0.6) is 0 Å². The first-order valence-electron chi connectivity index (χ1n) is 11.6. The highest BCUT2D eigenvalue weighted by atomic mass is 31.2. The van der Waals surface area contributed by atoms with Crippen molar-refractivity contribution in [3.8, 4) is 0 Å². The molecule has 0 amide bonds. The predicted molar refractivity (Wildman–Crippen MR) is 115 cm³/mol. The van der Waals surface area contributed by atoms with Crippen molar-refractivity contribution in [2.75, 3.05) is 13.2 Å². The van der Waals surface area contributed by atoms with Gasteiger partial charge in [0.2, 0.25) is 0 Å². The molecular formula is C22H47O3P. The van der Waals surface area contributed by atoms with Gasteiger partial charge in [0.25, 0.3) is 0 Å². The Labute approximate surface area is 165 Å². The molecule has 0 bridgehead atoms. The van der Waals surface area contributed by atoms with E-state index in [1.54, 1.807) is 0 Å². The van der Waals surface area contributed by atoms with Gasteiger partial charge in [-0.05, 0) is 12.8 Å². The third-order valence-electron chi connectivity index (χ3n) is 4.90. The summed E-state index contributed by atoms with van der Waals surface area (Å²) < 4.78 is 10.5. The molecule has 0 saturated carbocycles. The van der Waals surface area contributed by atoms with Gasteiger partial charge in [-0.25, -0.2) is 0 Å². The predicted octanol–water partition coefficient (Wildman–Crippen LogP) is 8.30. The molecule has 3 nitrogen and oxygen atoms in total. The van der Waals surface area contributed by atoms with Crippen LogP contribution in [0, 0.1) is 0 Å². The quantitative estimate of drug-likeness (QED) is 0.149. The summed E-state index contributed by atoms with van der Waals surface area (Å²) in [4.78, 5) is 9.52. The fourth-order valence-corrected chi connectivity index (χ4v) is 3.76. The minimum Gasteiger partial charge on any atom is -0.328 e. The Morgan fingerprint density at radius 2 is 0.769 bits per heavy atom. The van der Waals surface area contributed by atoms with Crippen LogP contribution in [0.2, 0.25) is 0 Å². The maximum Gasteiger partial charge on any atom is 0.329 e. The normalized spacial score (nSPS) is 12.6. The lowest BCUT2D eigenvalue weighted by Crippen LogP contribution is -1.95. The van der Waals surface area contributed by atoms with Gasteiger partial charge in [0.05, 0.1) is 13.2 Å². The summed E-state index contributed by atoms with van der Waals surface area (Å²) in [6.07, 6.45) is 24.0. The minimum absolute atomic E-state index is 0.609. The average Bonchev–Trinajstić information content (AvgIpc) is 2.64. The van der Waals surface area contributed by atoms with E-state index < -0.39 is 8.60 Å². The largest absolute Gasteiger partial charge is 0.329 e. The van der Waals surface area contributed by atoms with E-state index in [9.17, 15) is 4.89 Å². The molecule has 0 aromatic carbocycles. The van der Waals surface area contributed by atoms with Crippen molar-refractivity contribution in [2.24, 2.45) is 0 Å². The van der Waals surface area contributed by atoms with Crippen LogP contribution in [0.15, 0.2) is 0 Å². The van der Waals surface area contributed by atoms with Gasteiger partial charge in [-0.1, -0.05) is 117 Å². The molecular weight excluding hydrogens is 343 g/mol. The molecule has 0 spiro atoms. The van der Waals surface area contributed by atoms with E-state index in [-0.39, 0.29) is 0 Å². The van der Waals surface area contributed by atoms with Gasteiger partial charge in [-0.2, -0.15) is 0 Å². The Morgan fingerprint density at radius 1 is 0.462 bits per heavy atom. The van der Waals surface area contributed by atoms with Crippen LogP contribution in [0.4, 0.5) is 0 Å². The first kappa shape index (κ1) is 26.3. The van der Waals surface area contributed by atoms with E-state index in [1.165, 1.54) is 96.3 Å². The lowest BCUT2D eigenvalue weighted by atomic mass is 10.0. The van der Waals surface area contributed by atoms with Crippen LogP contribution in [0.25, 0.3) is 0 Å². The van der Waals surface area contributed by atoms with Crippen LogP contribution in [-0.4, -0.2) is 18.1 Å². The zero-order valence-corrected chi connectivity index (χ0v) is 18.7. The van der Waals surface area contributed by atoms with Crippen LogP contribution >= 0.6 is 8.60 Å². The SMILES string of the molecule is CCCCCCCCCCCCCCCCCCOP(O)OCCCC. The molecule has 1 unspecified atom stereocenters. The molecule has 0 aliphatic heterocycles. The van der Waals surface area contributed by atoms with Crippen molar-refractivity contribution in [1.29, 1.82) is 0 Å². The van der Waals surface area contributed by atoms with Crippen LogP contribution in [0.1, 0.15) is 129 Å². The maximum atomic E-state index is 9.52. The van der Waals surface area contributed by atoms with Crippen molar-refractivity contribution >= 4 is 8.60 Å². The first-order chi connectivity index (χ1) is 12.8. The highest BCUT2D eigenvalue weighted by Crippen LogP contribution is 2.33. The lowest BCUT2D eigenvalue weighted by Gasteiger charge is -2.10. The van der Waals surface area contributed by atoms with Gasteiger partial charge >= 0.3 is 8.60 Å². The molecule has 0 aliphatic carbocycles. The van der Waals surface area contributed by atoms with Gasteiger partial charge in [0.1, 0.15) is 0 Å². The zero-order chi connectivity index (χ0) is 19.1. The summed E-state index contributed by atoms with van der Waals surface area (Å²) in [5, 5.41) is 0. The summed E-state index contributed by atoms with van der Waals surface area (Å²) in [5.74, 6) is 0. The second kappa shape index (κ2) is 23.3. The van der Waals surface area contributed by atoms with Crippen molar-refractivity contribution in [2.45, 2.75) is 129 Å². The molecule has 1 N–H and O–H groups in total. The van der Waals surface area contributed by atoms with Crippen LogP contribution in [-0.2, 0) is 9.05 Å². The van der Waals surface area contributed by atoms with Crippen molar-refractivity contribution < 1.29 is 13.9 Å². The summed E-state index contributed by atoms with van der Waals surface area (Å²) in [5.41, 5.74) is 0. The molecule has 0 aromatic rings. The number of rotatable bonds is 22. The summed E-state index contributed by atoms with van der Waals surface area (Å²) in [7, 11) is -1.64. The van der Waals surface area contributed by atoms with Crippen LogP contribution in [0.3, 0.4) is 0 Å². The Bertz CT molecular complexity index is 252. The van der Waals surface area contributed by atoms with Crippen LogP contribution < -0.4 is 0 Å². The van der Waals surface area contributed by atoms with E-state index in [0.29, 0.717) is 13.2 Å².